The summed E-state index contributed by atoms with van der Waals surface area (Å²) >= 11 is 0. The third-order valence-electron chi connectivity index (χ3n) is 5.51. The van der Waals surface area contributed by atoms with Gasteiger partial charge in [0.2, 0.25) is 5.91 Å². The highest BCUT2D eigenvalue weighted by Crippen LogP contribution is 2.38. The second-order valence-electron chi connectivity index (χ2n) is 7.35. The third kappa shape index (κ3) is 3.98. The number of carbonyl (C=O) groups is 1. The van der Waals surface area contributed by atoms with E-state index in [1.165, 1.54) is 11.1 Å². The molecule has 1 aromatic carbocycles. The topological polar surface area (TPSA) is 38.8 Å². The van der Waals surface area contributed by atoms with Gasteiger partial charge in [0.1, 0.15) is 5.60 Å². The van der Waals surface area contributed by atoms with Crippen LogP contribution in [0.1, 0.15) is 36.8 Å². The zero-order chi connectivity index (χ0) is 17.0. The summed E-state index contributed by atoms with van der Waals surface area (Å²) in [6.07, 6.45) is 4.70. The van der Waals surface area contributed by atoms with Gasteiger partial charge in [0.05, 0.1) is 13.1 Å². The van der Waals surface area contributed by atoms with E-state index in [9.17, 15) is 4.79 Å². The Morgan fingerprint density at radius 2 is 2.17 bits per heavy atom. The van der Waals surface area contributed by atoms with E-state index in [1.807, 2.05) is 17.0 Å². The lowest BCUT2D eigenvalue weighted by Gasteiger charge is -2.53. The van der Waals surface area contributed by atoms with Gasteiger partial charge in [-0.1, -0.05) is 24.3 Å². The second kappa shape index (κ2) is 7.66. The monoisotopic (exact) mass is 331 g/mol. The number of rotatable bonds is 6. The largest absolute Gasteiger partial charge is 0.385 e. The molecule has 24 heavy (non-hydrogen) atoms. The summed E-state index contributed by atoms with van der Waals surface area (Å²) in [5.74, 6) is 0.925. The Morgan fingerprint density at radius 1 is 1.38 bits per heavy atom. The molecule has 0 radical (unpaired) electrons. The van der Waals surface area contributed by atoms with Crippen molar-refractivity contribution in [3.8, 4) is 0 Å². The number of methoxy groups -OCH3 is 1. The maximum absolute atomic E-state index is 12.4. The maximum Gasteiger partial charge on any atom is 0.223 e. The van der Waals surface area contributed by atoms with Crippen molar-refractivity contribution >= 4 is 5.91 Å². The summed E-state index contributed by atoms with van der Waals surface area (Å²) in [4.78, 5) is 14.4. The van der Waals surface area contributed by atoms with Crippen LogP contribution < -0.4 is 0 Å². The molecule has 0 aliphatic carbocycles. The van der Waals surface area contributed by atoms with E-state index < -0.39 is 0 Å². The lowest BCUT2D eigenvalue weighted by molar-refractivity contribution is -0.189. The van der Waals surface area contributed by atoms with Crippen LogP contribution in [0, 0.1) is 12.8 Å². The van der Waals surface area contributed by atoms with Crippen molar-refractivity contribution in [2.45, 2.75) is 44.6 Å². The number of benzene rings is 1. The average molecular weight is 331 g/mol. The number of ether oxygens (including phenoxy) is 2. The molecular weight excluding hydrogens is 302 g/mol. The highest BCUT2D eigenvalue weighted by molar-refractivity contribution is 5.77. The van der Waals surface area contributed by atoms with Gasteiger partial charge < -0.3 is 14.4 Å². The summed E-state index contributed by atoms with van der Waals surface area (Å²) in [5, 5.41) is 0. The molecule has 1 aromatic rings. The summed E-state index contributed by atoms with van der Waals surface area (Å²) in [5.41, 5.74) is 2.46. The quantitative estimate of drug-likeness (QED) is 0.804. The lowest BCUT2D eigenvalue weighted by atomic mass is 9.79. The molecule has 0 bridgehead atoms. The fraction of sp³-hybridized carbons (Fsp3) is 0.650. The van der Waals surface area contributed by atoms with E-state index >= 15 is 0 Å². The molecular formula is C20H29NO3. The number of nitrogens with zero attached hydrogens (tertiary/aromatic N) is 1. The van der Waals surface area contributed by atoms with Gasteiger partial charge in [0.25, 0.3) is 0 Å². The van der Waals surface area contributed by atoms with E-state index in [1.54, 1.807) is 7.11 Å². The zero-order valence-corrected chi connectivity index (χ0v) is 14.9. The lowest BCUT2D eigenvalue weighted by Crippen LogP contribution is -2.66. The minimum atomic E-state index is -0.0744. The van der Waals surface area contributed by atoms with Gasteiger partial charge in [-0.05, 0) is 49.7 Å². The van der Waals surface area contributed by atoms with Crippen LogP contribution in [0.4, 0.5) is 0 Å². The normalized spacial score (nSPS) is 22.4. The van der Waals surface area contributed by atoms with Crippen LogP contribution in [0.3, 0.4) is 0 Å². The van der Waals surface area contributed by atoms with Crippen LogP contribution in [0.2, 0.25) is 0 Å². The van der Waals surface area contributed by atoms with Gasteiger partial charge in [0.15, 0.2) is 0 Å². The van der Waals surface area contributed by atoms with Crippen molar-refractivity contribution in [2.75, 3.05) is 33.4 Å². The molecule has 2 aliphatic heterocycles. The Bertz CT molecular complexity index is 566. The highest BCUT2D eigenvalue weighted by atomic mass is 16.5. The first kappa shape index (κ1) is 17.4. The molecule has 1 spiro atoms. The van der Waals surface area contributed by atoms with Crippen LogP contribution >= 0.6 is 0 Å². The Kier molecular flexibility index (Phi) is 5.57. The third-order valence-corrected chi connectivity index (χ3v) is 5.51. The molecule has 3 rings (SSSR count). The van der Waals surface area contributed by atoms with Crippen molar-refractivity contribution in [2.24, 2.45) is 5.92 Å². The number of hydrogen-bond donors (Lipinski definition) is 0. The van der Waals surface area contributed by atoms with Crippen LogP contribution in [-0.2, 0) is 20.7 Å². The molecule has 2 saturated heterocycles. The predicted octanol–water partition coefficient (Wildman–Crippen LogP) is 2.97. The Hall–Kier alpha value is -1.39. The first-order valence-corrected chi connectivity index (χ1v) is 9.07. The summed E-state index contributed by atoms with van der Waals surface area (Å²) in [6.45, 7) is 5.28. The Labute approximate surface area is 145 Å². The second-order valence-corrected chi connectivity index (χ2v) is 7.35. The van der Waals surface area contributed by atoms with Crippen molar-refractivity contribution in [1.29, 1.82) is 0 Å². The predicted molar refractivity (Wildman–Crippen MR) is 94.0 cm³/mol. The molecule has 132 valence electrons. The molecule has 2 fully saturated rings. The van der Waals surface area contributed by atoms with Crippen molar-refractivity contribution in [1.82, 2.24) is 4.90 Å². The van der Waals surface area contributed by atoms with E-state index in [-0.39, 0.29) is 11.5 Å². The van der Waals surface area contributed by atoms with Gasteiger partial charge in [-0.3, -0.25) is 4.79 Å². The molecule has 1 atom stereocenters. The summed E-state index contributed by atoms with van der Waals surface area (Å²) in [7, 11) is 1.76. The van der Waals surface area contributed by atoms with Crippen molar-refractivity contribution < 1.29 is 14.3 Å². The molecule has 2 aliphatic rings. The molecule has 0 unspecified atom stereocenters. The minimum absolute atomic E-state index is 0.0744. The highest BCUT2D eigenvalue weighted by Gasteiger charge is 2.48. The number of aryl methyl sites for hydroxylation is 2. The molecule has 4 heteroatoms. The van der Waals surface area contributed by atoms with Crippen molar-refractivity contribution in [3.63, 3.8) is 0 Å². The zero-order valence-electron chi connectivity index (χ0n) is 14.9. The van der Waals surface area contributed by atoms with Gasteiger partial charge in [0, 0.05) is 26.7 Å². The number of amides is 1. The standard InChI is InChI=1S/C20H29NO3/c1-16-5-3-4-6-18(16)7-8-19(22)21-14-20(15-21)13-17(9-11-23-2)10-12-24-20/h3-6,17H,7-15H2,1-2H3/t17-/m1/s1. The van der Waals surface area contributed by atoms with E-state index in [0.717, 1.165) is 52.0 Å². The SMILES string of the molecule is COCC[C@@H]1CCOC2(C1)CN(C(=O)CCc1ccccc1C)C2. The van der Waals surface area contributed by atoms with Gasteiger partial charge in [-0.15, -0.1) is 0 Å². The fourth-order valence-corrected chi connectivity index (χ4v) is 4.00. The van der Waals surface area contributed by atoms with Gasteiger partial charge >= 0.3 is 0 Å². The maximum atomic E-state index is 12.4. The Balaban J connectivity index is 1.45. The average Bonchev–Trinajstić information content (AvgIpc) is 2.57. The van der Waals surface area contributed by atoms with Crippen LogP contribution in [0.5, 0.6) is 0 Å². The fourth-order valence-electron chi connectivity index (χ4n) is 4.00. The van der Waals surface area contributed by atoms with E-state index in [0.29, 0.717) is 12.3 Å². The molecule has 1 amide bonds. The molecule has 0 saturated carbocycles. The minimum Gasteiger partial charge on any atom is -0.385 e. The first-order valence-electron chi connectivity index (χ1n) is 9.07. The van der Waals surface area contributed by atoms with Gasteiger partial charge in [-0.2, -0.15) is 0 Å². The molecule has 4 nitrogen and oxygen atoms in total. The molecule has 0 N–H and O–H groups in total. The van der Waals surface area contributed by atoms with Crippen molar-refractivity contribution in [3.05, 3.63) is 35.4 Å². The summed E-state index contributed by atoms with van der Waals surface area (Å²) < 4.78 is 11.2. The summed E-state index contributed by atoms with van der Waals surface area (Å²) in [6, 6.07) is 8.31. The number of likely N-dealkylation sites (tertiary alicyclic amines) is 1. The van der Waals surface area contributed by atoms with E-state index in [2.05, 4.69) is 19.1 Å². The molecule has 2 heterocycles. The van der Waals surface area contributed by atoms with E-state index in [4.69, 9.17) is 9.47 Å². The Morgan fingerprint density at radius 3 is 2.92 bits per heavy atom. The number of carbonyl (C=O) groups excluding carboxylic acids is 1. The molecule has 0 aromatic heterocycles. The first-order chi connectivity index (χ1) is 11.6. The van der Waals surface area contributed by atoms with Crippen LogP contribution in [-0.4, -0.2) is 49.8 Å². The van der Waals surface area contributed by atoms with Crippen LogP contribution in [0.25, 0.3) is 0 Å². The number of hydrogen-bond acceptors (Lipinski definition) is 3. The van der Waals surface area contributed by atoms with Gasteiger partial charge in [-0.25, -0.2) is 0 Å². The van der Waals surface area contributed by atoms with Crippen LogP contribution in [0.15, 0.2) is 24.3 Å². The smallest absolute Gasteiger partial charge is 0.223 e.